The van der Waals surface area contributed by atoms with Gasteiger partial charge in [-0.15, -0.1) is 0 Å². The minimum absolute atomic E-state index is 0.361. The summed E-state index contributed by atoms with van der Waals surface area (Å²) in [5, 5.41) is 9.06. The lowest BCUT2D eigenvalue weighted by molar-refractivity contribution is -0.147. The Balaban J connectivity index is 2.71. The Labute approximate surface area is 123 Å². The number of rotatable bonds is 6. The highest BCUT2D eigenvalue weighted by atomic mass is 79.9. The highest BCUT2D eigenvalue weighted by Crippen LogP contribution is 2.30. The van der Waals surface area contributed by atoms with Crippen molar-refractivity contribution in [3.05, 3.63) is 28.2 Å². The van der Waals surface area contributed by atoms with Gasteiger partial charge in [-0.05, 0) is 49.9 Å². The van der Waals surface area contributed by atoms with Crippen molar-refractivity contribution in [1.29, 1.82) is 0 Å². The predicted octanol–water partition coefficient (Wildman–Crippen LogP) is 4.45. The van der Waals surface area contributed by atoms with Crippen LogP contribution < -0.4 is 4.74 Å². The molecule has 0 spiro atoms. The van der Waals surface area contributed by atoms with Crippen molar-refractivity contribution in [1.82, 2.24) is 0 Å². The number of hydrogen-bond donors (Lipinski definition) is 1. The average Bonchev–Trinajstić information content (AvgIpc) is 2.30. The fourth-order valence-electron chi connectivity index (χ4n) is 1.63. The topological polar surface area (TPSA) is 46.5 Å². The van der Waals surface area contributed by atoms with Crippen molar-refractivity contribution in [3.8, 4) is 5.75 Å². The molecule has 0 heterocycles. The zero-order valence-electron chi connectivity index (χ0n) is 11.9. The van der Waals surface area contributed by atoms with E-state index in [1.54, 1.807) is 13.8 Å². The Morgan fingerprint density at radius 1 is 1.42 bits per heavy atom. The lowest BCUT2D eigenvalue weighted by atomic mass is 9.90. The molecule has 106 valence electrons. The Morgan fingerprint density at radius 3 is 2.58 bits per heavy atom. The van der Waals surface area contributed by atoms with E-state index >= 15 is 0 Å². The first kappa shape index (κ1) is 16.0. The predicted molar refractivity (Wildman–Crippen MR) is 79.8 cm³/mol. The standard InChI is InChI=1S/C15H21BrO3/c1-10(2)12-9-11(16)5-6-13(12)19-8-7-15(3,4)14(17)18/h5-6,9-10H,7-8H2,1-4H3,(H,17,18). The van der Waals surface area contributed by atoms with Crippen molar-refractivity contribution < 1.29 is 14.6 Å². The van der Waals surface area contributed by atoms with Gasteiger partial charge in [-0.25, -0.2) is 0 Å². The quantitative estimate of drug-likeness (QED) is 0.838. The highest BCUT2D eigenvalue weighted by Gasteiger charge is 2.26. The molecule has 0 bridgehead atoms. The van der Waals surface area contributed by atoms with Gasteiger partial charge >= 0.3 is 5.97 Å². The van der Waals surface area contributed by atoms with Crippen LogP contribution >= 0.6 is 15.9 Å². The van der Waals surface area contributed by atoms with Crippen molar-refractivity contribution in [2.24, 2.45) is 5.41 Å². The largest absolute Gasteiger partial charge is 0.493 e. The van der Waals surface area contributed by atoms with E-state index in [-0.39, 0.29) is 0 Å². The van der Waals surface area contributed by atoms with Gasteiger partial charge in [0.15, 0.2) is 0 Å². The lowest BCUT2D eigenvalue weighted by Crippen LogP contribution is -2.26. The second-order valence-corrected chi connectivity index (χ2v) is 6.54. The van der Waals surface area contributed by atoms with Crippen LogP contribution in [0.1, 0.15) is 45.6 Å². The molecular weight excluding hydrogens is 308 g/mol. The third-order valence-corrected chi connectivity index (χ3v) is 3.65. The summed E-state index contributed by atoms with van der Waals surface area (Å²) >= 11 is 3.45. The number of aliphatic carboxylic acids is 1. The number of halogens is 1. The van der Waals surface area contributed by atoms with Crippen LogP contribution in [0.25, 0.3) is 0 Å². The van der Waals surface area contributed by atoms with Crippen LogP contribution in [0.5, 0.6) is 5.75 Å². The SMILES string of the molecule is CC(C)c1cc(Br)ccc1OCCC(C)(C)C(=O)O. The van der Waals surface area contributed by atoms with Crippen LogP contribution in [-0.2, 0) is 4.79 Å². The molecule has 0 saturated heterocycles. The van der Waals surface area contributed by atoms with E-state index in [1.165, 1.54) is 0 Å². The summed E-state index contributed by atoms with van der Waals surface area (Å²) in [7, 11) is 0. The smallest absolute Gasteiger partial charge is 0.309 e. The van der Waals surface area contributed by atoms with Gasteiger partial charge in [0.2, 0.25) is 0 Å². The molecule has 0 amide bonds. The van der Waals surface area contributed by atoms with E-state index in [1.807, 2.05) is 18.2 Å². The first-order valence-corrected chi connectivity index (χ1v) is 7.19. The normalized spacial score (nSPS) is 11.7. The molecule has 0 unspecified atom stereocenters. The second-order valence-electron chi connectivity index (χ2n) is 5.62. The number of carboxylic acids is 1. The van der Waals surface area contributed by atoms with Gasteiger partial charge in [-0.2, -0.15) is 0 Å². The molecule has 0 aromatic heterocycles. The fourth-order valence-corrected chi connectivity index (χ4v) is 2.00. The van der Waals surface area contributed by atoms with Crippen LogP contribution in [0.3, 0.4) is 0 Å². The van der Waals surface area contributed by atoms with E-state index < -0.39 is 11.4 Å². The van der Waals surface area contributed by atoms with E-state index in [0.29, 0.717) is 18.9 Å². The molecule has 0 saturated carbocycles. The molecule has 0 atom stereocenters. The maximum atomic E-state index is 11.0. The highest BCUT2D eigenvalue weighted by molar-refractivity contribution is 9.10. The van der Waals surface area contributed by atoms with Crippen LogP contribution in [0, 0.1) is 5.41 Å². The molecule has 1 N–H and O–H groups in total. The molecule has 3 nitrogen and oxygen atoms in total. The van der Waals surface area contributed by atoms with Crippen molar-refractivity contribution >= 4 is 21.9 Å². The molecule has 0 fully saturated rings. The summed E-state index contributed by atoms with van der Waals surface area (Å²) in [5.41, 5.74) is 0.371. The first-order chi connectivity index (χ1) is 8.74. The lowest BCUT2D eigenvalue weighted by Gasteiger charge is -2.20. The molecule has 0 aliphatic rings. The fraction of sp³-hybridized carbons (Fsp3) is 0.533. The molecule has 1 aromatic rings. The Hall–Kier alpha value is -1.03. The maximum Gasteiger partial charge on any atom is 0.309 e. The van der Waals surface area contributed by atoms with Gasteiger partial charge in [0.25, 0.3) is 0 Å². The molecule has 0 aliphatic carbocycles. The molecule has 19 heavy (non-hydrogen) atoms. The van der Waals surface area contributed by atoms with E-state index in [0.717, 1.165) is 15.8 Å². The van der Waals surface area contributed by atoms with Crippen molar-refractivity contribution in [2.75, 3.05) is 6.61 Å². The molecule has 0 radical (unpaired) electrons. The number of carbonyl (C=O) groups is 1. The summed E-state index contributed by atoms with van der Waals surface area (Å²) in [6.07, 6.45) is 0.482. The summed E-state index contributed by atoms with van der Waals surface area (Å²) in [6.45, 7) is 8.04. The van der Waals surface area contributed by atoms with E-state index in [4.69, 9.17) is 9.84 Å². The summed E-state index contributed by atoms with van der Waals surface area (Å²) < 4.78 is 6.78. The average molecular weight is 329 g/mol. The Kier molecular flexibility index (Phi) is 5.41. The minimum Gasteiger partial charge on any atom is -0.493 e. The summed E-state index contributed by atoms with van der Waals surface area (Å²) in [6, 6.07) is 5.90. The third-order valence-electron chi connectivity index (χ3n) is 3.16. The number of carboxylic acid groups (broad SMARTS) is 1. The second kappa shape index (κ2) is 6.42. The zero-order valence-corrected chi connectivity index (χ0v) is 13.5. The molecular formula is C15H21BrO3. The van der Waals surface area contributed by atoms with Crippen LogP contribution in [0.15, 0.2) is 22.7 Å². The molecule has 1 aromatic carbocycles. The Bertz CT molecular complexity index is 453. The van der Waals surface area contributed by atoms with E-state index in [9.17, 15) is 4.79 Å². The van der Waals surface area contributed by atoms with Gasteiger partial charge in [0, 0.05) is 4.47 Å². The monoisotopic (exact) mass is 328 g/mol. The summed E-state index contributed by atoms with van der Waals surface area (Å²) in [4.78, 5) is 11.0. The number of hydrogen-bond acceptors (Lipinski definition) is 2. The number of ether oxygens (including phenoxy) is 1. The van der Waals surface area contributed by atoms with Crippen molar-refractivity contribution in [3.63, 3.8) is 0 Å². The molecule has 0 aliphatic heterocycles. The zero-order chi connectivity index (χ0) is 14.6. The van der Waals surface area contributed by atoms with Crippen LogP contribution in [0.4, 0.5) is 0 Å². The molecule has 1 rings (SSSR count). The van der Waals surface area contributed by atoms with Gasteiger partial charge in [0.05, 0.1) is 12.0 Å². The van der Waals surface area contributed by atoms with Gasteiger partial charge in [-0.3, -0.25) is 4.79 Å². The number of benzene rings is 1. The Morgan fingerprint density at radius 2 is 2.05 bits per heavy atom. The van der Waals surface area contributed by atoms with Crippen molar-refractivity contribution in [2.45, 2.75) is 40.0 Å². The van der Waals surface area contributed by atoms with Gasteiger partial charge in [0.1, 0.15) is 5.75 Å². The first-order valence-electron chi connectivity index (χ1n) is 6.39. The van der Waals surface area contributed by atoms with E-state index in [2.05, 4.69) is 29.8 Å². The summed E-state index contributed by atoms with van der Waals surface area (Å²) in [5.74, 6) is 0.398. The molecule has 4 heteroatoms. The van der Waals surface area contributed by atoms with Crippen LogP contribution in [0.2, 0.25) is 0 Å². The van der Waals surface area contributed by atoms with Gasteiger partial charge in [-0.1, -0.05) is 29.8 Å². The third kappa shape index (κ3) is 4.53. The minimum atomic E-state index is -0.795. The van der Waals surface area contributed by atoms with Gasteiger partial charge < -0.3 is 9.84 Å². The van der Waals surface area contributed by atoms with Crippen LogP contribution in [-0.4, -0.2) is 17.7 Å². The maximum absolute atomic E-state index is 11.0.